The van der Waals surface area contributed by atoms with Crippen LogP contribution < -0.4 is 0 Å². The van der Waals surface area contributed by atoms with Crippen LogP contribution in [-0.4, -0.2) is 116 Å². The molecule has 2 rings (SSSR count). The maximum absolute atomic E-state index is 12.3. The van der Waals surface area contributed by atoms with E-state index in [0.29, 0.717) is 0 Å². The van der Waals surface area contributed by atoms with Gasteiger partial charge in [-0.05, 0) is 13.8 Å². The Hall–Kier alpha value is -1.71. The molecule has 2 saturated heterocycles. The van der Waals surface area contributed by atoms with Crippen LogP contribution >= 0.6 is 0 Å². The highest BCUT2D eigenvalue weighted by Crippen LogP contribution is 2.26. The highest BCUT2D eigenvalue weighted by Gasteiger charge is 2.48. The molecule has 188 valence electrons. The first-order chi connectivity index (χ1) is 15.5. The zero-order chi connectivity index (χ0) is 24.9. The van der Waals surface area contributed by atoms with Crippen molar-refractivity contribution in [1.29, 1.82) is 0 Å². The number of aliphatic hydroxyl groups excluding tert-OH is 7. The predicted octanol–water partition coefficient (Wildman–Crippen LogP) is -2.77. The van der Waals surface area contributed by atoms with Crippen LogP contribution in [0.25, 0.3) is 0 Å². The fourth-order valence-electron chi connectivity index (χ4n) is 3.17. The zero-order valence-corrected chi connectivity index (χ0v) is 18.3. The molecule has 2 aliphatic heterocycles. The van der Waals surface area contributed by atoms with Gasteiger partial charge in [-0.1, -0.05) is 30.4 Å². The molecule has 2 aliphatic rings. The molecule has 0 radical (unpaired) electrons. The summed E-state index contributed by atoms with van der Waals surface area (Å²) in [6.07, 6.45) is -11.1. The van der Waals surface area contributed by atoms with Gasteiger partial charge >= 0.3 is 5.97 Å². The second-order valence-electron chi connectivity index (χ2n) is 8.01. The van der Waals surface area contributed by atoms with Gasteiger partial charge in [-0.2, -0.15) is 0 Å². The third-order valence-corrected chi connectivity index (χ3v) is 5.21. The molecule has 2 fully saturated rings. The van der Waals surface area contributed by atoms with Gasteiger partial charge < -0.3 is 54.7 Å². The Labute approximate surface area is 190 Å². The van der Waals surface area contributed by atoms with Crippen molar-refractivity contribution < 1.29 is 59.5 Å². The minimum Gasteiger partial charge on any atom is -0.429 e. The molecule has 0 amide bonds. The molecule has 0 unspecified atom stereocenters. The molecule has 10 atom stereocenters. The normalized spacial score (nSPS) is 40.1. The van der Waals surface area contributed by atoms with Crippen LogP contribution in [0.1, 0.15) is 13.8 Å². The van der Waals surface area contributed by atoms with E-state index >= 15 is 0 Å². The topological polar surface area (TPSA) is 196 Å². The lowest BCUT2D eigenvalue weighted by Gasteiger charge is -2.42. The van der Waals surface area contributed by atoms with Crippen molar-refractivity contribution in [2.45, 2.75) is 75.3 Å². The van der Waals surface area contributed by atoms with E-state index in [4.69, 9.17) is 18.9 Å². The van der Waals surface area contributed by atoms with Gasteiger partial charge in [0.1, 0.15) is 48.8 Å². The molecule has 0 aromatic rings. The third-order valence-electron chi connectivity index (χ3n) is 5.21. The van der Waals surface area contributed by atoms with Crippen molar-refractivity contribution in [1.82, 2.24) is 0 Å². The lowest BCUT2D eigenvalue weighted by Crippen LogP contribution is -2.61. The van der Waals surface area contributed by atoms with Crippen LogP contribution in [0, 0.1) is 0 Å². The van der Waals surface area contributed by atoms with Gasteiger partial charge in [-0.25, -0.2) is 4.79 Å². The summed E-state index contributed by atoms with van der Waals surface area (Å²) in [5.41, 5.74) is 0.927. The molecule has 0 saturated carbocycles. The van der Waals surface area contributed by atoms with E-state index in [0.717, 1.165) is 5.57 Å². The molecule has 33 heavy (non-hydrogen) atoms. The van der Waals surface area contributed by atoms with Gasteiger partial charge in [-0.15, -0.1) is 0 Å². The number of aliphatic hydroxyl groups is 7. The SMILES string of the molecule is C=C(C)/C=C/C=C(\C)C(=O)O[C@@H]1O[C@H](CO[C@@H]2O[C@H](CO)[C@@H](O)[C@H](O)[C@H]2O)[C@@H](O)[C@H](O)[C@H]1O. The van der Waals surface area contributed by atoms with Gasteiger partial charge in [0.15, 0.2) is 6.29 Å². The summed E-state index contributed by atoms with van der Waals surface area (Å²) in [5.74, 6) is -0.845. The van der Waals surface area contributed by atoms with Crippen molar-refractivity contribution in [3.63, 3.8) is 0 Å². The molecule has 7 N–H and O–H groups in total. The summed E-state index contributed by atoms with van der Waals surface area (Å²) in [6.45, 7) is 5.72. The number of hydrogen-bond donors (Lipinski definition) is 7. The Morgan fingerprint density at radius 3 is 2.00 bits per heavy atom. The first-order valence-electron chi connectivity index (χ1n) is 10.3. The summed E-state index contributed by atoms with van der Waals surface area (Å²) >= 11 is 0. The number of carbonyl (C=O) groups is 1. The van der Waals surface area contributed by atoms with Crippen LogP contribution in [-0.2, 0) is 23.7 Å². The zero-order valence-electron chi connectivity index (χ0n) is 18.3. The van der Waals surface area contributed by atoms with Crippen LogP contribution in [0.2, 0.25) is 0 Å². The monoisotopic (exact) mass is 476 g/mol. The number of esters is 1. The number of hydrogen-bond acceptors (Lipinski definition) is 12. The highest BCUT2D eigenvalue weighted by atomic mass is 16.7. The Bertz CT molecular complexity index is 735. The van der Waals surface area contributed by atoms with E-state index in [2.05, 4.69) is 6.58 Å². The lowest BCUT2D eigenvalue weighted by molar-refractivity contribution is -0.326. The van der Waals surface area contributed by atoms with Crippen LogP contribution in [0.4, 0.5) is 0 Å². The number of rotatable bonds is 8. The Kier molecular flexibility index (Phi) is 10.1. The first kappa shape index (κ1) is 27.5. The van der Waals surface area contributed by atoms with E-state index in [1.807, 2.05) is 0 Å². The summed E-state index contributed by atoms with van der Waals surface area (Å²) in [7, 11) is 0. The fraction of sp³-hybridized carbons (Fsp3) is 0.667. The van der Waals surface area contributed by atoms with E-state index < -0.39 is 80.6 Å². The van der Waals surface area contributed by atoms with Crippen molar-refractivity contribution >= 4 is 5.97 Å². The largest absolute Gasteiger partial charge is 0.429 e. The molecule has 0 spiro atoms. The summed E-state index contributed by atoms with van der Waals surface area (Å²) < 4.78 is 21.0. The van der Waals surface area contributed by atoms with Crippen molar-refractivity contribution in [3.8, 4) is 0 Å². The molecule has 0 bridgehead atoms. The van der Waals surface area contributed by atoms with E-state index in [1.54, 1.807) is 19.1 Å². The van der Waals surface area contributed by atoms with Gasteiger partial charge in [-0.3, -0.25) is 0 Å². The van der Waals surface area contributed by atoms with E-state index in [-0.39, 0.29) is 5.57 Å². The maximum Gasteiger partial charge on any atom is 0.336 e. The number of allylic oxidation sites excluding steroid dienone is 4. The molecule has 0 aliphatic carbocycles. The van der Waals surface area contributed by atoms with Gasteiger partial charge in [0.25, 0.3) is 0 Å². The summed E-state index contributed by atoms with van der Waals surface area (Å²) in [4.78, 5) is 12.3. The van der Waals surface area contributed by atoms with Gasteiger partial charge in [0, 0.05) is 5.57 Å². The molecule has 0 aromatic heterocycles. The smallest absolute Gasteiger partial charge is 0.336 e. The predicted molar refractivity (Wildman–Crippen MR) is 110 cm³/mol. The molecule has 2 heterocycles. The van der Waals surface area contributed by atoms with Crippen LogP contribution in [0.5, 0.6) is 0 Å². The molecule has 12 heteroatoms. The Morgan fingerprint density at radius 2 is 1.42 bits per heavy atom. The average Bonchev–Trinajstić information content (AvgIpc) is 2.77. The van der Waals surface area contributed by atoms with Crippen molar-refractivity contribution in [2.75, 3.05) is 13.2 Å². The molecular weight excluding hydrogens is 444 g/mol. The lowest BCUT2D eigenvalue weighted by atomic mass is 9.98. The van der Waals surface area contributed by atoms with Gasteiger partial charge in [0.05, 0.1) is 13.2 Å². The third kappa shape index (κ3) is 6.90. The molecule has 12 nitrogen and oxygen atoms in total. The van der Waals surface area contributed by atoms with E-state index in [9.17, 15) is 40.5 Å². The van der Waals surface area contributed by atoms with Crippen LogP contribution in [0.15, 0.2) is 36.0 Å². The summed E-state index contributed by atoms with van der Waals surface area (Å²) in [5, 5.41) is 69.4. The Balaban J connectivity index is 2.02. The first-order valence-corrected chi connectivity index (χ1v) is 10.3. The van der Waals surface area contributed by atoms with Crippen molar-refractivity contribution in [2.24, 2.45) is 0 Å². The highest BCUT2D eigenvalue weighted by molar-refractivity contribution is 5.88. The molecular formula is C21H32O12. The van der Waals surface area contributed by atoms with Crippen molar-refractivity contribution in [3.05, 3.63) is 36.0 Å². The summed E-state index contributed by atoms with van der Waals surface area (Å²) in [6, 6.07) is 0. The maximum atomic E-state index is 12.3. The average molecular weight is 476 g/mol. The molecule has 0 aromatic carbocycles. The number of carbonyl (C=O) groups excluding carboxylic acids is 1. The fourth-order valence-corrected chi connectivity index (χ4v) is 3.17. The minimum absolute atomic E-state index is 0.165. The second kappa shape index (κ2) is 12.1. The van der Waals surface area contributed by atoms with Gasteiger partial charge in [0.2, 0.25) is 6.29 Å². The van der Waals surface area contributed by atoms with E-state index in [1.165, 1.54) is 13.0 Å². The minimum atomic E-state index is -1.76. The Morgan fingerprint density at radius 1 is 0.879 bits per heavy atom. The van der Waals surface area contributed by atoms with Crippen LogP contribution in [0.3, 0.4) is 0 Å². The standard InChI is InChI=1S/C21H32O12/c1-9(2)5-4-6-10(3)19(29)33-21-18(28)16(26)14(24)12(32-21)8-30-20-17(27)15(25)13(23)11(7-22)31-20/h4-6,11-18,20-28H,1,7-8H2,2-3H3/b5-4+,10-6+/t11-,12-,13-,14-,15+,16+,17-,18-,20-,21+/m1/s1. The quantitative estimate of drug-likeness (QED) is 0.108. The number of ether oxygens (including phenoxy) is 4. The second-order valence-corrected chi connectivity index (χ2v) is 8.01.